The first-order valence-corrected chi connectivity index (χ1v) is 6.49. The van der Waals surface area contributed by atoms with Gasteiger partial charge in [-0.05, 0) is 36.1 Å². The van der Waals surface area contributed by atoms with Crippen LogP contribution in [0.1, 0.15) is 16.7 Å². The Labute approximate surface area is 108 Å². The lowest BCUT2D eigenvalue weighted by atomic mass is 10.1. The maximum atomic E-state index is 3.52. The highest BCUT2D eigenvalue weighted by atomic mass is 14.9. The lowest BCUT2D eigenvalue weighted by molar-refractivity contribution is 1.11. The standard InChI is InChI=1S/C16H18N2/c1-12-5-2-3-8-15(12)18-11-14-7-4-6-13-9-10-17-16(13)14/h2-8,17-18H,9-11H2,1H3. The van der Waals surface area contributed by atoms with Crippen molar-refractivity contribution < 1.29 is 0 Å². The quantitative estimate of drug-likeness (QED) is 0.854. The van der Waals surface area contributed by atoms with Crippen molar-refractivity contribution >= 4 is 11.4 Å². The summed E-state index contributed by atoms with van der Waals surface area (Å²) < 4.78 is 0. The van der Waals surface area contributed by atoms with Gasteiger partial charge >= 0.3 is 0 Å². The third-order valence-corrected chi connectivity index (χ3v) is 3.55. The molecular formula is C16H18N2. The number of hydrogen-bond acceptors (Lipinski definition) is 2. The number of anilines is 2. The largest absolute Gasteiger partial charge is 0.384 e. The first kappa shape index (κ1) is 11.1. The Morgan fingerprint density at radius 1 is 1.11 bits per heavy atom. The summed E-state index contributed by atoms with van der Waals surface area (Å²) in [6.07, 6.45) is 1.15. The number of nitrogens with one attached hydrogen (secondary N) is 2. The van der Waals surface area contributed by atoms with E-state index in [0.717, 1.165) is 19.5 Å². The fourth-order valence-electron chi connectivity index (χ4n) is 2.52. The van der Waals surface area contributed by atoms with E-state index in [4.69, 9.17) is 0 Å². The zero-order valence-corrected chi connectivity index (χ0v) is 10.7. The van der Waals surface area contributed by atoms with Crippen molar-refractivity contribution in [1.29, 1.82) is 0 Å². The molecule has 1 heterocycles. The van der Waals surface area contributed by atoms with Crippen molar-refractivity contribution in [3.63, 3.8) is 0 Å². The van der Waals surface area contributed by atoms with Crippen LogP contribution in [0.5, 0.6) is 0 Å². The smallest absolute Gasteiger partial charge is 0.0424 e. The van der Waals surface area contributed by atoms with Crippen molar-refractivity contribution in [3.8, 4) is 0 Å². The average molecular weight is 238 g/mol. The maximum absolute atomic E-state index is 3.52. The molecule has 0 atom stereocenters. The van der Waals surface area contributed by atoms with Crippen LogP contribution in [0.25, 0.3) is 0 Å². The van der Waals surface area contributed by atoms with Gasteiger partial charge in [-0.25, -0.2) is 0 Å². The summed E-state index contributed by atoms with van der Waals surface area (Å²) in [5.74, 6) is 0. The van der Waals surface area contributed by atoms with Crippen LogP contribution in [0, 0.1) is 6.92 Å². The third-order valence-electron chi connectivity index (χ3n) is 3.55. The van der Waals surface area contributed by atoms with Gasteiger partial charge in [0.2, 0.25) is 0 Å². The van der Waals surface area contributed by atoms with E-state index in [9.17, 15) is 0 Å². The molecule has 2 aromatic carbocycles. The normalized spacial score (nSPS) is 12.9. The van der Waals surface area contributed by atoms with Gasteiger partial charge in [-0.15, -0.1) is 0 Å². The van der Waals surface area contributed by atoms with Crippen LogP contribution < -0.4 is 10.6 Å². The molecule has 0 aromatic heterocycles. The van der Waals surface area contributed by atoms with E-state index < -0.39 is 0 Å². The second-order valence-electron chi connectivity index (χ2n) is 4.80. The molecule has 0 spiro atoms. The first-order chi connectivity index (χ1) is 8.84. The number of hydrogen-bond donors (Lipinski definition) is 2. The number of aryl methyl sites for hydroxylation is 1. The molecule has 1 aliphatic heterocycles. The summed E-state index contributed by atoms with van der Waals surface area (Å²) >= 11 is 0. The summed E-state index contributed by atoms with van der Waals surface area (Å²) in [5, 5.41) is 7.00. The second kappa shape index (κ2) is 4.73. The fourth-order valence-corrected chi connectivity index (χ4v) is 2.52. The lowest BCUT2D eigenvalue weighted by Gasteiger charge is -2.12. The summed E-state index contributed by atoms with van der Waals surface area (Å²) in [6.45, 7) is 4.08. The van der Waals surface area contributed by atoms with Crippen LogP contribution in [0.15, 0.2) is 42.5 Å². The molecule has 2 heteroatoms. The van der Waals surface area contributed by atoms with E-state index in [1.54, 1.807) is 0 Å². The molecule has 0 aliphatic carbocycles. The topological polar surface area (TPSA) is 24.1 Å². The van der Waals surface area contributed by atoms with E-state index >= 15 is 0 Å². The van der Waals surface area contributed by atoms with E-state index in [2.05, 4.69) is 60.0 Å². The highest BCUT2D eigenvalue weighted by Gasteiger charge is 2.13. The fraction of sp³-hybridized carbons (Fsp3) is 0.250. The molecule has 0 fully saturated rings. The van der Waals surface area contributed by atoms with Crippen molar-refractivity contribution in [2.45, 2.75) is 19.9 Å². The van der Waals surface area contributed by atoms with E-state index in [0.29, 0.717) is 0 Å². The molecule has 3 rings (SSSR count). The monoisotopic (exact) mass is 238 g/mol. The molecule has 0 bridgehead atoms. The minimum absolute atomic E-state index is 0.876. The molecule has 92 valence electrons. The van der Waals surface area contributed by atoms with E-state index in [-0.39, 0.29) is 0 Å². The van der Waals surface area contributed by atoms with Crippen LogP contribution in [-0.4, -0.2) is 6.54 Å². The molecule has 1 aliphatic rings. The highest BCUT2D eigenvalue weighted by molar-refractivity contribution is 5.62. The number of para-hydroxylation sites is 2. The third kappa shape index (κ3) is 2.06. The predicted octanol–water partition coefficient (Wildman–Crippen LogP) is 3.58. The Morgan fingerprint density at radius 3 is 2.89 bits per heavy atom. The van der Waals surface area contributed by atoms with Crippen molar-refractivity contribution in [2.24, 2.45) is 0 Å². The molecule has 0 unspecified atom stereocenters. The van der Waals surface area contributed by atoms with Gasteiger partial charge in [0.1, 0.15) is 0 Å². The molecular weight excluding hydrogens is 220 g/mol. The molecule has 2 aromatic rings. The number of rotatable bonds is 3. The van der Waals surface area contributed by atoms with Crippen LogP contribution >= 0.6 is 0 Å². The Kier molecular flexibility index (Phi) is 2.93. The molecule has 0 amide bonds. The summed E-state index contributed by atoms with van der Waals surface area (Å²) in [6, 6.07) is 15.0. The summed E-state index contributed by atoms with van der Waals surface area (Å²) in [4.78, 5) is 0. The Balaban J connectivity index is 1.78. The van der Waals surface area contributed by atoms with E-state index in [1.165, 1.54) is 28.1 Å². The SMILES string of the molecule is Cc1ccccc1NCc1cccc2c1NCC2. The minimum atomic E-state index is 0.876. The zero-order valence-electron chi connectivity index (χ0n) is 10.7. The van der Waals surface area contributed by atoms with Crippen molar-refractivity contribution in [3.05, 3.63) is 59.2 Å². The lowest BCUT2D eigenvalue weighted by Crippen LogP contribution is -2.03. The van der Waals surface area contributed by atoms with Crippen molar-refractivity contribution in [1.82, 2.24) is 0 Å². The van der Waals surface area contributed by atoms with Gasteiger partial charge in [-0.1, -0.05) is 36.4 Å². The van der Waals surface area contributed by atoms with E-state index in [1.807, 2.05) is 0 Å². The maximum Gasteiger partial charge on any atom is 0.0424 e. The van der Waals surface area contributed by atoms with Gasteiger partial charge in [-0.3, -0.25) is 0 Å². The van der Waals surface area contributed by atoms with Gasteiger partial charge in [0, 0.05) is 24.5 Å². The minimum Gasteiger partial charge on any atom is -0.384 e. The van der Waals surface area contributed by atoms with Crippen LogP contribution in [0.4, 0.5) is 11.4 Å². The zero-order chi connectivity index (χ0) is 12.4. The van der Waals surface area contributed by atoms with Gasteiger partial charge in [0.05, 0.1) is 0 Å². The Morgan fingerprint density at radius 2 is 2.00 bits per heavy atom. The predicted molar refractivity (Wildman–Crippen MR) is 77.1 cm³/mol. The van der Waals surface area contributed by atoms with Crippen LogP contribution in [-0.2, 0) is 13.0 Å². The molecule has 18 heavy (non-hydrogen) atoms. The highest BCUT2D eigenvalue weighted by Crippen LogP contribution is 2.27. The molecule has 0 saturated heterocycles. The van der Waals surface area contributed by atoms with Crippen LogP contribution in [0.2, 0.25) is 0 Å². The van der Waals surface area contributed by atoms with Gasteiger partial charge in [0.25, 0.3) is 0 Å². The molecule has 0 radical (unpaired) electrons. The molecule has 2 N–H and O–H groups in total. The number of benzene rings is 2. The summed E-state index contributed by atoms with van der Waals surface area (Å²) in [7, 11) is 0. The Bertz CT molecular complexity index is 561. The van der Waals surface area contributed by atoms with Gasteiger partial charge in [-0.2, -0.15) is 0 Å². The summed E-state index contributed by atoms with van der Waals surface area (Å²) in [5.41, 5.74) is 6.64. The number of fused-ring (bicyclic) bond motifs is 1. The average Bonchev–Trinajstić information content (AvgIpc) is 2.86. The molecule has 2 nitrogen and oxygen atoms in total. The molecule has 0 saturated carbocycles. The van der Waals surface area contributed by atoms with Gasteiger partial charge in [0.15, 0.2) is 0 Å². The van der Waals surface area contributed by atoms with Crippen LogP contribution in [0.3, 0.4) is 0 Å². The van der Waals surface area contributed by atoms with Crippen molar-refractivity contribution in [2.75, 3.05) is 17.2 Å². The second-order valence-corrected chi connectivity index (χ2v) is 4.80. The first-order valence-electron chi connectivity index (χ1n) is 6.49. The Hall–Kier alpha value is -1.96. The van der Waals surface area contributed by atoms with Gasteiger partial charge < -0.3 is 10.6 Å².